The number of nitrogen functional groups attached to an aromatic ring is 1. The minimum atomic E-state index is 0. The van der Waals surface area contributed by atoms with Gasteiger partial charge in [0.2, 0.25) is 0 Å². The van der Waals surface area contributed by atoms with Crippen LogP contribution in [0.25, 0.3) is 0 Å². The normalized spacial score (nSPS) is 7.50. The van der Waals surface area contributed by atoms with Crippen molar-refractivity contribution in [1.82, 2.24) is 0 Å². The van der Waals surface area contributed by atoms with Crippen molar-refractivity contribution >= 4 is 5.69 Å². The molecule has 0 heterocycles. The fraction of sp³-hybridized carbons (Fsp3) is 0. The van der Waals surface area contributed by atoms with Crippen LogP contribution < -0.4 is 5.73 Å². The fourth-order valence-electron chi connectivity index (χ4n) is 0.453. The van der Waals surface area contributed by atoms with E-state index in [0.29, 0.717) is 0 Å². The van der Waals surface area contributed by atoms with Crippen LogP contribution in [0.15, 0.2) is 30.3 Å². The predicted octanol–water partition coefficient (Wildman–Crippen LogP) is 1.27. The van der Waals surface area contributed by atoms with E-state index in [0.717, 1.165) is 5.69 Å². The maximum Gasteiger partial charge on any atom is 0.0313 e. The van der Waals surface area contributed by atoms with Gasteiger partial charge in [-0.1, -0.05) is 18.2 Å². The summed E-state index contributed by atoms with van der Waals surface area (Å²) in [5.74, 6) is 0. The molecule has 0 aliphatic rings. The van der Waals surface area contributed by atoms with Crippen molar-refractivity contribution < 1.29 is 17.1 Å². The van der Waals surface area contributed by atoms with Crippen LogP contribution >= 0.6 is 0 Å². The van der Waals surface area contributed by atoms with Crippen LogP contribution in [-0.2, 0) is 17.1 Å². The van der Waals surface area contributed by atoms with Crippen molar-refractivity contribution in [2.45, 2.75) is 0 Å². The molecule has 43 valence electrons. The van der Waals surface area contributed by atoms with Gasteiger partial charge >= 0.3 is 0 Å². The Kier molecular flexibility index (Phi) is 3.33. The molecule has 0 amide bonds. The molecule has 0 atom stereocenters. The average molecular weight is 148 g/mol. The van der Waals surface area contributed by atoms with Crippen molar-refractivity contribution in [3.05, 3.63) is 30.3 Å². The van der Waals surface area contributed by atoms with Gasteiger partial charge in [-0.3, -0.25) is 0 Å². The molecule has 0 bridgehead atoms. The summed E-state index contributed by atoms with van der Waals surface area (Å²) in [5, 5.41) is 0. The van der Waals surface area contributed by atoms with Gasteiger partial charge < -0.3 is 5.73 Å². The van der Waals surface area contributed by atoms with E-state index in [4.69, 9.17) is 5.73 Å². The maximum absolute atomic E-state index is 5.36. The number of benzene rings is 1. The van der Waals surface area contributed by atoms with Gasteiger partial charge in [0.1, 0.15) is 0 Å². The number of anilines is 1. The number of rotatable bonds is 0. The first-order valence-electron chi connectivity index (χ1n) is 2.20. The Labute approximate surface area is 59.4 Å². The van der Waals surface area contributed by atoms with Gasteiger partial charge in [-0.05, 0) is 12.1 Å². The smallest absolute Gasteiger partial charge is 0.0313 e. The first-order valence-corrected chi connectivity index (χ1v) is 2.20. The second-order valence-corrected chi connectivity index (χ2v) is 1.41. The van der Waals surface area contributed by atoms with E-state index in [1.807, 2.05) is 30.3 Å². The number of hydrogen-bond donors (Lipinski definition) is 1. The predicted molar refractivity (Wildman–Crippen MR) is 30.9 cm³/mol. The Morgan fingerprint density at radius 2 is 1.50 bits per heavy atom. The Hall–Kier alpha value is -0.461. The topological polar surface area (TPSA) is 26.0 Å². The van der Waals surface area contributed by atoms with Crippen molar-refractivity contribution in [3.63, 3.8) is 0 Å². The molecule has 0 spiro atoms. The SMILES string of the molecule is Nc1ccccc1.[Mn]. The van der Waals surface area contributed by atoms with E-state index in [2.05, 4.69) is 0 Å². The van der Waals surface area contributed by atoms with Gasteiger partial charge in [-0.25, -0.2) is 0 Å². The number of nitrogens with two attached hydrogens (primary N) is 1. The molecular weight excluding hydrogens is 141 g/mol. The van der Waals surface area contributed by atoms with Gasteiger partial charge in [0.25, 0.3) is 0 Å². The summed E-state index contributed by atoms with van der Waals surface area (Å²) in [5.41, 5.74) is 6.18. The molecule has 0 saturated heterocycles. The zero-order chi connectivity index (χ0) is 5.11. The van der Waals surface area contributed by atoms with Crippen molar-refractivity contribution in [2.24, 2.45) is 0 Å². The van der Waals surface area contributed by atoms with E-state index >= 15 is 0 Å². The van der Waals surface area contributed by atoms with Gasteiger partial charge in [-0.2, -0.15) is 0 Å². The number of hydrogen-bond acceptors (Lipinski definition) is 1. The largest absolute Gasteiger partial charge is 0.399 e. The molecule has 1 nitrogen and oxygen atoms in total. The van der Waals surface area contributed by atoms with Gasteiger partial charge in [0.15, 0.2) is 0 Å². The zero-order valence-corrected chi connectivity index (χ0v) is 5.52. The molecule has 2 heteroatoms. The summed E-state index contributed by atoms with van der Waals surface area (Å²) in [6.07, 6.45) is 0. The molecule has 0 aliphatic carbocycles. The molecule has 0 aromatic heterocycles. The molecule has 2 N–H and O–H groups in total. The molecule has 0 saturated carbocycles. The van der Waals surface area contributed by atoms with E-state index in [9.17, 15) is 0 Å². The molecule has 1 rings (SSSR count). The monoisotopic (exact) mass is 148 g/mol. The van der Waals surface area contributed by atoms with Crippen LogP contribution in [0.3, 0.4) is 0 Å². The summed E-state index contributed by atoms with van der Waals surface area (Å²) in [6, 6.07) is 9.49. The minimum absolute atomic E-state index is 0. The van der Waals surface area contributed by atoms with E-state index in [-0.39, 0.29) is 17.1 Å². The van der Waals surface area contributed by atoms with E-state index in [1.54, 1.807) is 0 Å². The van der Waals surface area contributed by atoms with Crippen LogP contribution in [-0.4, -0.2) is 0 Å². The molecule has 1 aromatic carbocycles. The summed E-state index contributed by atoms with van der Waals surface area (Å²) in [7, 11) is 0. The first kappa shape index (κ1) is 7.54. The number of para-hydroxylation sites is 1. The third-order valence-electron chi connectivity index (χ3n) is 0.800. The standard InChI is InChI=1S/C6H7N.Mn/c7-6-4-2-1-3-5-6;/h1-5H,7H2;. The molecule has 0 aliphatic heterocycles. The third kappa shape index (κ3) is 2.01. The average Bonchev–Trinajstić information content (AvgIpc) is 1.69. The van der Waals surface area contributed by atoms with Gasteiger partial charge in [0.05, 0.1) is 0 Å². The van der Waals surface area contributed by atoms with E-state index < -0.39 is 0 Å². The second-order valence-electron chi connectivity index (χ2n) is 1.41. The van der Waals surface area contributed by atoms with Crippen LogP contribution in [0.4, 0.5) is 5.69 Å². The van der Waals surface area contributed by atoms with Crippen molar-refractivity contribution in [3.8, 4) is 0 Å². The van der Waals surface area contributed by atoms with Crippen LogP contribution in [0.1, 0.15) is 0 Å². The maximum atomic E-state index is 5.36. The van der Waals surface area contributed by atoms with Crippen molar-refractivity contribution in [2.75, 3.05) is 5.73 Å². The molecule has 0 unspecified atom stereocenters. The summed E-state index contributed by atoms with van der Waals surface area (Å²) in [4.78, 5) is 0. The first-order chi connectivity index (χ1) is 3.39. The molecule has 0 fully saturated rings. The molecular formula is C6H7MnN. The minimum Gasteiger partial charge on any atom is -0.399 e. The van der Waals surface area contributed by atoms with Crippen LogP contribution in [0.5, 0.6) is 0 Å². The summed E-state index contributed by atoms with van der Waals surface area (Å²) >= 11 is 0. The zero-order valence-electron chi connectivity index (χ0n) is 4.34. The van der Waals surface area contributed by atoms with Gasteiger partial charge in [0, 0.05) is 22.8 Å². The summed E-state index contributed by atoms with van der Waals surface area (Å²) in [6.45, 7) is 0. The Morgan fingerprint density at radius 3 is 1.75 bits per heavy atom. The quantitative estimate of drug-likeness (QED) is 0.435. The van der Waals surface area contributed by atoms with E-state index in [1.165, 1.54) is 0 Å². The van der Waals surface area contributed by atoms with Crippen molar-refractivity contribution in [1.29, 1.82) is 0 Å². The third-order valence-corrected chi connectivity index (χ3v) is 0.800. The molecule has 8 heavy (non-hydrogen) atoms. The molecule has 1 radical (unpaired) electrons. The Bertz CT molecular complexity index is 138. The second kappa shape index (κ2) is 3.53. The van der Waals surface area contributed by atoms with Gasteiger partial charge in [-0.15, -0.1) is 0 Å². The molecule has 1 aromatic rings. The summed E-state index contributed by atoms with van der Waals surface area (Å²) < 4.78 is 0. The van der Waals surface area contributed by atoms with Crippen LogP contribution in [0, 0.1) is 0 Å². The fourth-order valence-corrected chi connectivity index (χ4v) is 0.453. The Balaban J connectivity index is 0.000000490. The Morgan fingerprint density at radius 1 is 1.00 bits per heavy atom. The van der Waals surface area contributed by atoms with Crippen LogP contribution in [0.2, 0.25) is 0 Å².